The summed E-state index contributed by atoms with van der Waals surface area (Å²) in [6, 6.07) is 9.05. The van der Waals surface area contributed by atoms with Gasteiger partial charge in [0.15, 0.2) is 0 Å². The lowest BCUT2D eigenvalue weighted by atomic mass is 9.88. The van der Waals surface area contributed by atoms with Crippen molar-refractivity contribution in [3.63, 3.8) is 0 Å². The van der Waals surface area contributed by atoms with Crippen LogP contribution < -0.4 is 15.2 Å². The van der Waals surface area contributed by atoms with Crippen LogP contribution in [0.15, 0.2) is 30.3 Å². The van der Waals surface area contributed by atoms with E-state index in [4.69, 9.17) is 15.2 Å². The van der Waals surface area contributed by atoms with Crippen molar-refractivity contribution >= 4 is 10.8 Å². The van der Waals surface area contributed by atoms with Crippen molar-refractivity contribution in [1.82, 2.24) is 0 Å². The zero-order valence-electron chi connectivity index (χ0n) is 12.3. The Morgan fingerprint density at radius 1 is 1.05 bits per heavy atom. The number of ether oxygens (including phenoxy) is 2. The van der Waals surface area contributed by atoms with Gasteiger partial charge in [-0.3, -0.25) is 0 Å². The average molecular weight is 275 g/mol. The molecule has 0 fully saturated rings. The fourth-order valence-electron chi connectivity index (χ4n) is 2.35. The highest BCUT2D eigenvalue weighted by molar-refractivity contribution is 5.93. The maximum Gasteiger partial charge on any atom is 0.130 e. The van der Waals surface area contributed by atoms with Crippen LogP contribution in [0.1, 0.15) is 25.5 Å². The average Bonchev–Trinajstić information content (AvgIpc) is 2.43. The van der Waals surface area contributed by atoms with Crippen LogP contribution in [-0.4, -0.2) is 24.9 Å². The summed E-state index contributed by atoms with van der Waals surface area (Å²) in [5.74, 6) is 1.35. The number of hydrogen-bond acceptors (Lipinski definition) is 4. The third-order valence-corrected chi connectivity index (χ3v) is 3.52. The Bertz CT molecular complexity index is 617. The third-order valence-electron chi connectivity index (χ3n) is 3.52. The van der Waals surface area contributed by atoms with Gasteiger partial charge in [-0.15, -0.1) is 0 Å². The Balaban J connectivity index is 2.81. The summed E-state index contributed by atoms with van der Waals surface area (Å²) in [4.78, 5) is 0. The van der Waals surface area contributed by atoms with E-state index in [1.165, 1.54) is 0 Å². The Hall–Kier alpha value is -1.78. The molecule has 0 aromatic heterocycles. The van der Waals surface area contributed by atoms with E-state index in [0.29, 0.717) is 5.75 Å². The molecule has 0 spiro atoms. The number of fused-ring (bicyclic) bond motifs is 1. The smallest absolute Gasteiger partial charge is 0.130 e. The highest BCUT2D eigenvalue weighted by atomic mass is 16.5. The molecule has 0 radical (unpaired) electrons. The van der Waals surface area contributed by atoms with Gasteiger partial charge in [0.05, 0.1) is 25.9 Å². The Kier molecular flexibility index (Phi) is 3.88. The van der Waals surface area contributed by atoms with E-state index in [2.05, 4.69) is 0 Å². The van der Waals surface area contributed by atoms with Crippen LogP contribution in [0, 0.1) is 0 Å². The van der Waals surface area contributed by atoms with Gasteiger partial charge in [0.2, 0.25) is 0 Å². The van der Waals surface area contributed by atoms with Gasteiger partial charge >= 0.3 is 0 Å². The van der Waals surface area contributed by atoms with Crippen molar-refractivity contribution in [3.05, 3.63) is 35.9 Å². The van der Waals surface area contributed by atoms with Crippen LogP contribution in [0.25, 0.3) is 10.8 Å². The van der Waals surface area contributed by atoms with Crippen molar-refractivity contribution in [3.8, 4) is 11.5 Å². The standard InChI is InChI=1S/C16H21NO3/c1-16(2,18)15(17)14-11-8-6-5-7-10(11)12(19-3)9-13(14)20-4/h5-9,15,18H,17H2,1-4H3/t15-/m1/s1. The molecule has 108 valence electrons. The van der Waals surface area contributed by atoms with Crippen LogP contribution in [0.5, 0.6) is 11.5 Å². The van der Waals surface area contributed by atoms with E-state index in [1.807, 2.05) is 30.3 Å². The van der Waals surface area contributed by atoms with Crippen molar-refractivity contribution in [1.29, 1.82) is 0 Å². The molecule has 0 heterocycles. The zero-order chi connectivity index (χ0) is 14.9. The van der Waals surface area contributed by atoms with Gasteiger partial charge in [-0.05, 0) is 19.2 Å². The first-order valence-corrected chi connectivity index (χ1v) is 6.51. The molecular formula is C16H21NO3. The molecule has 20 heavy (non-hydrogen) atoms. The van der Waals surface area contributed by atoms with Crippen LogP contribution in [0.2, 0.25) is 0 Å². The lowest BCUT2D eigenvalue weighted by Gasteiger charge is -2.29. The molecule has 0 aliphatic heterocycles. The topological polar surface area (TPSA) is 64.7 Å². The van der Waals surface area contributed by atoms with Crippen molar-refractivity contribution in [2.45, 2.75) is 25.5 Å². The normalized spacial score (nSPS) is 13.3. The minimum Gasteiger partial charge on any atom is -0.496 e. The summed E-state index contributed by atoms with van der Waals surface area (Å²) < 4.78 is 10.8. The molecular weight excluding hydrogens is 254 g/mol. The molecule has 0 saturated carbocycles. The molecule has 0 aliphatic rings. The summed E-state index contributed by atoms with van der Waals surface area (Å²) in [5.41, 5.74) is 5.97. The second kappa shape index (κ2) is 5.31. The molecule has 3 N–H and O–H groups in total. The van der Waals surface area contributed by atoms with Crippen LogP contribution in [0.3, 0.4) is 0 Å². The molecule has 2 aromatic rings. The van der Waals surface area contributed by atoms with Gasteiger partial charge in [0.1, 0.15) is 11.5 Å². The largest absolute Gasteiger partial charge is 0.496 e. The Labute approximate surface area is 119 Å². The van der Waals surface area contributed by atoms with Gasteiger partial charge in [-0.25, -0.2) is 0 Å². The monoisotopic (exact) mass is 275 g/mol. The van der Waals surface area contributed by atoms with E-state index in [9.17, 15) is 5.11 Å². The summed E-state index contributed by atoms with van der Waals surface area (Å²) in [6.45, 7) is 3.38. The first kappa shape index (κ1) is 14.6. The zero-order valence-corrected chi connectivity index (χ0v) is 12.3. The first-order valence-electron chi connectivity index (χ1n) is 6.51. The Morgan fingerprint density at radius 3 is 2.10 bits per heavy atom. The second-order valence-corrected chi connectivity index (χ2v) is 5.37. The van der Waals surface area contributed by atoms with Gasteiger partial charge in [-0.1, -0.05) is 24.3 Å². The van der Waals surface area contributed by atoms with Crippen molar-refractivity contribution < 1.29 is 14.6 Å². The fourth-order valence-corrected chi connectivity index (χ4v) is 2.35. The predicted octanol–water partition coefficient (Wildman–Crippen LogP) is 2.63. The lowest BCUT2D eigenvalue weighted by molar-refractivity contribution is 0.0513. The fraction of sp³-hybridized carbons (Fsp3) is 0.375. The van der Waals surface area contributed by atoms with Crippen molar-refractivity contribution in [2.24, 2.45) is 5.73 Å². The maximum absolute atomic E-state index is 10.2. The van der Waals surface area contributed by atoms with Gasteiger partial charge in [-0.2, -0.15) is 0 Å². The molecule has 0 amide bonds. The molecule has 0 bridgehead atoms. The molecule has 4 nitrogen and oxygen atoms in total. The van der Waals surface area contributed by atoms with Crippen LogP contribution >= 0.6 is 0 Å². The maximum atomic E-state index is 10.2. The van der Waals surface area contributed by atoms with Crippen LogP contribution in [0.4, 0.5) is 0 Å². The quantitative estimate of drug-likeness (QED) is 0.900. The molecule has 4 heteroatoms. The van der Waals surface area contributed by atoms with Gasteiger partial charge in [0, 0.05) is 17.0 Å². The number of hydrogen-bond donors (Lipinski definition) is 2. The second-order valence-electron chi connectivity index (χ2n) is 5.37. The summed E-state index contributed by atoms with van der Waals surface area (Å²) in [6.07, 6.45) is 0. The van der Waals surface area contributed by atoms with E-state index in [-0.39, 0.29) is 0 Å². The predicted molar refractivity (Wildman–Crippen MR) is 80.3 cm³/mol. The lowest BCUT2D eigenvalue weighted by Crippen LogP contribution is -2.35. The number of benzene rings is 2. The van der Waals surface area contributed by atoms with Crippen LogP contribution in [-0.2, 0) is 0 Å². The van der Waals surface area contributed by atoms with E-state index in [0.717, 1.165) is 22.1 Å². The molecule has 0 unspecified atom stereocenters. The van der Waals surface area contributed by atoms with Gasteiger partial charge < -0.3 is 20.3 Å². The third kappa shape index (κ3) is 2.44. The molecule has 0 aliphatic carbocycles. The molecule has 2 aromatic carbocycles. The highest BCUT2D eigenvalue weighted by Gasteiger charge is 2.29. The number of rotatable bonds is 4. The SMILES string of the molecule is COc1cc(OC)c2ccccc2c1[C@@H](N)C(C)(C)O. The molecule has 1 atom stereocenters. The number of methoxy groups -OCH3 is 2. The minimum absolute atomic E-state index is 0.562. The van der Waals surface area contributed by atoms with E-state index in [1.54, 1.807) is 28.1 Å². The van der Waals surface area contributed by atoms with E-state index >= 15 is 0 Å². The summed E-state index contributed by atoms with van der Waals surface area (Å²) in [5, 5.41) is 12.1. The summed E-state index contributed by atoms with van der Waals surface area (Å²) in [7, 11) is 3.21. The first-order chi connectivity index (χ1) is 9.40. The Morgan fingerprint density at radius 2 is 1.60 bits per heavy atom. The van der Waals surface area contributed by atoms with Crippen molar-refractivity contribution in [2.75, 3.05) is 14.2 Å². The van der Waals surface area contributed by atoms with Gasteiger partial charge in [0.25, 0.3) is 0 Å². The highest BCUT2D eigenvalue weighted by Crippen LogP contribution is 2.41. The summed E-state index contributed by atoms with van der Waals surface area (Å²) >= 11 is 0. The number of nitrogens with two attached hydrogens (primary N) is 1. The minimum atomic E-state index is -1.05. The molecule has 0 saturated heterocycles. The molecule has 2 rings (SSSR count). The van der Waals surface area contributed by atoms with E-state index < -0.39 is 11.6 Å². The number of aliphatic hydroxyl groups is 1.